The monoisotopic (exact) mass is 275 g/mol. The summed E-state index contributed by atoms with van der Waals surface area (Å²) in [6.07, 6.45) is 5.23. The van der Waals surface area contributed by atoms with Gasteiger partial charge in [-0.25, -0.2) is 4.39 Å². The molecule has 1 saturated carbocycles. The lowest BCUT2D eigenvalue weighted by molar-refractivity contribution is 0.273. The second-order valence-electron chi connectivity index (χ2n) is 5.40. The van der Waals surface area contributed by atoms with Crippen molar-refractivity contribution in [1.82, 2.24) is 10.1 Å². The first-order valence-corrected chi connectivity index (χ1v) is 7.07. The number of nitrogens with two attached hydrogens (primary N) is 1. The Balaban J connectivity index is 1.75. The minimum atomic E-state index is -0.339. The molecule has 1 aromatic carbocycles. The molecule has 0 amide bonds. The van der Waals surface area contributed by atoms with Gasteiger partial charge in [-0.1, -0.05) is 30.1 Å². The van der Waals surface area contributed by atoms with E-state index in [1.165, 1.54) is 18.9 Å². The van der Waals surface area contributed by atoms with E-state index in [4.69, 9.17) is 10.3 Å². The number of rotatable bonds is 3. The van der Waals surface area contributed by atoms with Gasteiger partial charge in [-0.2, -0.15) is 4.98 Å². The molecule has 106 valence electrons. The topological polar surface area (TPSA) is 64.9 Å². The summed E-state index contributed by atoms with van der Waals surface area (Å²) in [5.74, 6) is 0.903. The molecule has 1 aromatic heterocycles. The SMILES string of the molecule is NC1CCCCC1Cc1nc(-c2ccccc2F)no1. The van der Waals surface area contributed by atoms with E-state index in [1.807, 2.05) is 0 Å². The number of aromatic nitrogens is 2. The van der Waals surface area contributed by atoms with Gasteiger partial charge in [0.05, 0.1) is 5.56 Å². The molecule has 0 spiro atoms. The molecule has 2 unspecified atom stereocenters. The molecule has 1 fully saturated rings. The van der Waals surface area contributed by atoms with E-state index in [1.54, 1.807) is 18.2 Å². The van der Waals surface area contributed by atoms with Crippen molar-refractivity contribution in [2.75, 3.05) is 0 Å². The van der Waals surface area contributed by atoms with Crippen LogP contribution in [0.2, 0.25) is 0 Å². The summed E-state index contributed by atoms with van der Waals surface area (Å²) in [5, 5.41) is 3.87. The van der Waals surface area contributed by atoms with Gasteiger partial charge in [0.2, 0.25) is 11.7 Å². The van der Waals surface area contributed by atoms with Crippen molar-refractivity contribution in [2.24, 2.45) is 11.7 Å². The number of nitrogens with zero attached hydrogens (tertiary/aromatic N) is 2. The summed E-state index contributed by atoms with van der Waals surface area (Å²) < 4.78 is 18.9. The Bertz CT molecular complexity index is 584. The van der Waals surface area contributed by atoms with Gasteiger partial charge in [0.1, 0.15) is 5.82 Å². The molecule has 0 radical (unpaired) electrons. The Kier molecular flexibility index (Phi) is 3.78. The predicted molar refractivity (Wildman–Crippen MR) is 73.3 cm³/mol. The fraction of sp³-hybridized carbons (Fsp3) is 0.467. The Morgan fingerprint density at radius 2 is 2.05 bits per heavy atom. The van der Waals surface area contributed by atoms with E-state index in [9.17, 15) is 4.39 Å². The fourth-order valence-corrected chi connectivity index (χ4v) is 2.80. The maximum absolute atomic E-state index is 13.7. The zero-order valence-electron chi connectivity index (χ0n) is 11.3. The molecule has 1 aliphatic carbocycles. The molecular weight excluding hydrogens is 257 g/mol. The van der Waals surface area contributed by atoms with Crippen molar-refractivity contribution in [1.29, 1.82) is 0 Å². The normalized spacial score (nSPS) is 22.9. The first-order valence-electron chi connectivity index (χ1n) is 7.07. The molecule has 4 nitrogen and oxygen atoms in total. The summed E-state index contributed by atoms with van der Waals surface area (Å²) in [5.41, 5.74) is 6.49. The Morgan fingerprint density at radius 1 is 1.25 bits per heavy atom. The highest BCUT2D eigenvalue weighted by atomic mass is 19.1. The van der Waals surface area contributed by atoms with Gasteiger partial charge < -0.3 is 10.3 Å². The van der Waals surface area contributed by atoms with Crippen LogP contribution in [-0.4, -0.2) is 16.2 Å². The van der Waals surface area contributed by atoms with Crippen LogP contribution in [0, 0.1) is 11.7 Å². The van der Waals surface area contributed by atoms with E-state index in [-0.39, 0.29) is 11.9 Å². The Morgan fingerprint density at radius 3 is 2.85 bits per heavy atom. The van der Waals surface area contributed by atoms with Crippen molar-refractivity contribution in [3.63, 3.8) is 0 Å². The van der Waals surface area contributed by atoms with Crippen LogP contribution < -0.4 is 5.73 Å². The lowest BCUT2D eigenvalue weighted by atomic mass is 9.83. The number of hydrogen-bond donors (Lipinski definition) is 1. The summed E-state index contributed by atoms with van der Waals surface area (Å²) in [7, 11) is 0. The molecule has 0 aliphatic heterocycles. The van der Waals surface area contributed by atoms with Gasteiger partial charge in [0, 0.05) is 12.5 Å². The molecule has 20 heavy (non-hydrogen) atoms. The van der Waals surface area contributed by atoms with Crippen molar-refractivity contribution in [3.05, 3.63) is 36.0 Å². The van der Waals surface area contributed by atoms with E-state index < -0.39 is 0 Å². The summed E-state index contributed by atoms with van der Waals surface area (Å²) in [6.45, 7) is 0. The van der Waals surface area contributed by atoms with Crippen molar-refractivity contribution >= 4 is 0 Å². The average molecular weight is 275 g/mol. The van der Waals surface area contributed by atoms with Gasteiger partial charge >= 0.3 is 0 Å². The maximum atomic E-state index is 13.7. The van der Waals surface area contributed by atoms with E-state index in [0.717, 1.165) is 12.8 Å². The molecule has 2 atom stereocenters. The highest BCUT2D eigenvalue weighted by Gasteiger charge is 2.24. The summed E-state index contributed by atoms with van der Waals surface area (Å²) >= 11 is 0. The van der Waals surface area contributed by atoms with Gasteiger partial charge in [0.15, 0.2) is 0 Å². The van der Waals surface area contributed by atoms with Crippen LogP contribution >= 0.6 is 0 Å². The molecule has 0 bridgehead atoms. The molecule has 1 heterocycles. The molecule has 5 heteroatoms. The number of benzene rings is 1. The smallest absolute Gasteiger partial charge is 0.227 e. The largest absolute Gasteiger partial charge is 0.339 e. The van der Waals surface area contributed by atoms with E-state index in [2.05, 4.69) is 10.1 Å². The summed E-state index contributed by atoms with van der Waals surface area (Å²) in [4.78, 5) is 4.30. The average Bonchev–Trinajstić information content (AvgIpc) is 2.90. The van der Waals surface area contributed by atoms with Crippen LogP contribution in [0.5, 0.6) is 0 Å². The number of halogens is 1. The van der Waals surface area contributed by atoms with Crippen LogP contribution in [0.25, 0.3) is 11.4 Å². The second kappa shape index (κ2) is 5.71. The van der Waals surface area contributed by atoms with Crippen LogP contribution in [0.15, 0.2) is 28.8 Å². The molecule has 2 N–H and O–H groups in total. The van der Waals surface area contributed by atoms with E-state index >= 15 is 0 Å². The van der Waals surface area contributed by atoms with Crippen molar-refractivity contribution in [2.45, 2.75) is 38.1 Å². The van der Waals surface area contributed by atoms with Gasteiger partial charge in [-0.3, -0.25) is 0 Å². The zero-order chi connectivity index (χ0) is 13.9. The number of hydrogen-bond acceptors (Lipinski definition) is 4. The molecule has 1 aliphatic rings. The highest BCUT2D eigenvalue weighted by molar-refractivity contribution is 5.54. The maximum Gasteiger partial charge on any atom is 0.227 e. The standard InChI is InChI=1S/C15H18FN3O/c16-12-7-3-2-6-11(12)15-18-14(20-19-15)9-10-5-1-4-8-13(10)17/h2-3,6-7,10,13H,1,4-5,8-9,17H2. The summed E-state index contributed by atoms with van der Waals surface area (Å²) in [6, 6.07) is 6.64. The Hall–Kier alpha value is -1.75. The molecule has 3 rings (SSSR count). The first-order chi connectivity index (χ1) is 9.74. The third-order valence-electron chi connectivity index (χ3n) is 3.99. The van der Waals surface area contributed by atoms with Crippen LogP contribution in [0.4, 0.5) is 4.39 Å². The molecular formula is C15H18FN3O. The third kappa shape index (κ3) is 2.72. The van der Waals surface area contributed by atoms with Crippen LogP contribution in [0.1, 0.15) is 31.6 Å². The van der Waals surface area contributed by atoms with Gasteiger partial charge in [0.25, 0.3) is 0 Å². The van der Waals surface area contributed by atoms with E-state index in [0.29, 0.717) is 29.6 Å². The second-order valence-corrected chi connectivity index (χ2v) is 5.40. The fourth-order valence-electron chi connectivity index (χ4n) is 2.80. The molecule has 0 saturated heterocycles. The Labute approximate surface area is 117 Å². The van der Waals surface area contributed by atoms with Crippen molar-refractivity contribution < 1.29 is 8.91 Å². The van der Waals surface area contributed by atoms with Crippen molar-refractivity contribution in [3.8, 4) is 11.4 Å². The van der Waals surface area contributed by atoms with Crippen LogP contribution in [-0.2, 0) is 6.42 Å². The lowest BCUT2D eigenvalue weighted by Crippen LogP contribution is -2.34. The predicted octanol–water partition coefficient (Wildman–Crippen LogP) is 2.94. The van der Waals surface area contributed by atoms with Gasteiger partial charge in [-0.15, -0.1) is 0 Å². The first kappa shape index (κ1) is 13.2. The third-order valence-corrected chi connectivity index (χ3v) is 3.99. The van der Waals surface area contributed by atoms with Crippen LogP contribution in [0.3, 0.4) is 0 Å². The molecule has 2 aromatic rings. The highest BCUT2D eigenvalue weighted by Crippen LogP contribution is 2.27. The lowest BCUT2D eigenvalue weighted by Gasteiger charge is -2.27. The zero-order valence-corrected chi connectivity index (χ0v) is 11.3. The van der Waals surface area contributed by atoms with Gasteiger partial charge in [-0.05, 0) is 30.9 Å². The quantitative estimate of drug-likeness (QED) is 0.935. The minimum absolute atomic E-state index is 0.201. The minimum Gasteiger partial charge on any atom is -0.339 e.